The van der Waals surface area contributed by atoms with E-state index in [9.17, 15) is 9.59 Å². The molecule has 2 rings (SSSR count). The van der Waals surface area contributed by atoms with Crippen LogP contribution in [0.4, 0.5) is 0 Å². The molecule has 1 unspecified atom stereocenters. The molecule has 0 radical (unpaired) electrons. The summed E-state index contributed by atoms with van der Waals surface area (Å²) in [5.74, 6) is -0.486. The Morgan fingerprint density at radius 1 is 1.29 bits per heavy atom. The van der Waals surface area contributed by atoms with Crippen molar-refractivity contribution < 1.29 is 14.7 Å². The molecule has 1 saturated heterocycles. The molecule has 0 aromatic heterocycles. The van der Waals surface area contributed by atoms with Gasteiger partial charge in [-0.05, 0) is 38.1 Å². The van der Waals surface area contributed by atoms with Gasteiger partial charge in [0.2, 0.25) is 5.91 Å². The summed E-state index contributed by atoms with van der Waals surface area (Å²) in [7, 11) is 0. The van der Waals surface area contributed by atoms with Crippen molar-refractivity contribution in [2.45, 2.75) is 50.6 Å². The van der Waals surface area contributed by atoms with E-state index in [4.69, 9.17) is 5.11 Å². The zero-order valence-electron chi connectivity index (χ0n) is 9.95. The summed E-state index contributed by atoms with van der Waals surface area (Å²) in [4.78, 5) is 22.7. The van der Waals surface area contributed by atoms with Crippen molar-refractivity contribution >= 4 is 11.9 Å². The minimum absolute atomic E-state index is 0.0251. The van der Waals surface area contributed by atoms with Gasteiger partial charge in [-0.1, -0.05) is 6.42 Å². The van der Waals surface area contributed by atoms with Crippen LogP contribution in [0.5, 0.6) is 0 Å². The highest BCUT2D eigenvalue weighted by molar-refractivity contribution is 5.82. The molecule has 1 saturated carbocycles. The van der Waals surface area contributed by atoms with E-state index in [-0.39, 0.29) is 24.4 Å². The van der Waals surface area contributed by atoms with Crippen molar-refractivity contribution in [1.82, 2.24) is 10.6 Å². The van der Waals surface area contributed by atoms with Crippen molar-refractivity contribution in [3.8, 4) is 0 Å². The lowest BCUT2D eigenvalue weighted by Gasteiger charge is -2.25. The predicted octanol–water partition coefficient (Wildman–Crippen LogP) is 0.498. The molecule has 3 N–H and O–H groups in total. The molecular weight excluding hydrogens is 220 g/mol. The predicted molar refractivity (Wildman–Crippen MR) is 62.5 cm³/mol. The molecular formula is C12H20N2O3. The number of amides is 1. The Hall–Kier alpha value is -1.10. The van der Waals surface area contributed by atoms with Crippen LogP contribution in [0.1, 0.15) is 38.5 Å². The standard InChI is InChI=1S/C12H20N2O3/c15-11(16)7-10(8-4-5-8)14-12(17)9-3-1-2-6-13-9/h8-10,13H,1-7H2,(H,14,17)(H,15,16)/t9-,10?/m0/s1. The van der Waals surface area contributed by atoms with Gasteiger partial charge >= 0.3 is 5.97 Å². The van der Waals surface area contributed by atoms with Crippen molar-refractivity contribution in [3.05, 3.63) is 0 Å². The van der Waals surface area contributed by atoms with Gasteiger partial charge in [0.05, 0.1) is 12.5 Å². The molecule has 5 heteroatoms. The van der Waals surface area contributed by atoms with E-state index >= 15 is 0 Å². The molecule has 2 fully saturated rings. The minimum Gasteiger partial charge on any atom is -0.481 e. The van der Waals surface area contributed by atoms with Crippen LogP contribution < -0.4 is 10.6 Å². The first-order valence-electron chi connectivity index (χ1n) is 6.42. The molecule has 1 aliphatic heterocycles. The van der Waals surface area contributed by atoms with Crippen molar-refractivity contribution in [2.24, 2.45) is 5.92 Å². The van der Waals surface area contributed by atoms with Crippen molar-refractivity contribution in [3.63, 3.8) is 0 Å². The number of carboxylic acids is 1. The van der Waals surface area contributed by atoms with Crippen LogP contribution in [0, 0.1) is 5.92 Å². The molecule has 0 bridgehead atoms. The molecule has 0 aromatic rings. The van der Waals surface area contributed by atoms with Crippen molar-refractivity contribution in [2.75, 3.05) is 6.54 Å². The Bertz CT molecular complexity index is 296. The highest BCUT2D eigenvalue weighted by Crippen LogP contribution is 2.34. The number of nitrogens with one attached hydrogen (secondary N) is 2. The Morgan fingerprint density at radius 2 is 2.06 bits per heavy atom. The average molecular weight is 240 g/mol. The monoisotopic (exact) mass is 240 g/mol. The van der Waals surface area contributed by atoms with Crippen LogP contribution in [0.2, 0.25) is 0 Å². The summed E-state index contributed by atoms with van der Waals surface area (Å²) >= 11 is 0. The Kier molecular flexibility index (Phi) is 3.99. The molecule has 17 heavy (non-hydrogen) atoms. The third-order valence-corrected chi connectivity index (χ3v) is 3.54. The number of hydrogen-bond donors (Lipinski definition) is 3. The summed E-state index contributed by atoms with van der Waals surface area (Å²) in [6.07, 6.45) is 5.16. The molecule has 1 aliphatic carbocycles. The maximum atomic E-state index is 12.0. The van der Waals surface area contributed by atoms with E-state index < -0.39 is 5.97 Å². The first-order chi connectivity index (χ1) is 8.16. The van der Waals surface area contributed by atoms with Gasteiger partial charge in [0.25, 0.3) is 0 Å². The van der Waals surface area contributed by atoms with Gasteiger partial charge in [-0.15, -0.1) is 0 Å². The molecule has 2 atom stereocenters. The summed E-state index contributed by atoms with van der Waals surface area (Å²) in [5, 5.41) is 14.9. The summed E-state index contributed by atoms with van der Waals surface area (Å²) in [6, 6.07) is -0.303. The van der Waals surface area contributed by atoms with E-state index in [0.29, 0.717) is 5.92 Å². The number of rotatable bonds is 5. The van der Waals surface area contributed by atoms with Crippen LogP contribution in [0.3, 0.4) is 0 Å². The quantitative estimate of drug-likeness (QED) is 0.654. The highest BCUT2D eigenvalue weighted by Gasteiger charge is 2.35. The Morgan fingerprint density at radius 3 is 2.59 bits per heavy atom. The minimum atomic E-state index is -0.834. The number of piperidine rings is 1. The number of carboxylic acid groups (broad SMARTS) is 1. The molecule has 1 heterocycles. The smallest absolute Gasteiger partial charge is 0.305 e. The summed E-state index contributed by atoms with van der Waals surface area (Å²) < 4.78 is 0. The fourth-order valence-electron chi connectivity index (χ4n) is 2.38. The molecule has 5 nitrogen and oxygen atoms in total. The molecule has 0 aromatic carbocycles. The molecule has 0 spiro atoms. The summed E-state index contributed by atoms with van der Waals surface area (Å²) in [5.41, 5.74) is 0. The van der Waals surface area contributed by atoms with Gasteiger partial charge in [-0.3, -0.25) is 9.59 Å². The van der Waals surface area contributed by atoms with E-state index in [1.807, 2.05) is 0 Å². The normalized spacial score (nSPS) is 26.2. The molecule has 1 amide bonds. The van der Waals surface area contributed by atoms with Gasteiger partial charge in [0, 0.05) is 6.04 Å². The molecule has 96 valence electrons. The van der Waals surface area contributed by atoms with Gasteiger partial charge in [0.1, 0.15) is 0 Å². The second-order valence-corrected chi connectivity index (χ2v) is 5.05. The SMILES string of the molecule is O=C(O)CC(NC(=O)[C@@H]1CCCCN1)C1CC1. The first-order valence-corrected chi connectivity index (χ1v) is 6.42. The third kappa shape index (κ3) is 3.70. The second-order valence-electron chi connectivity index (χ2n) is 5.05. The Balaban J connectivity index is 1.83. The van der Waals surface area contributed by atoms with Crippen LogP contribution in [0.15, 0.2) is 0 Å². The van der Waals surface area contributed by atoms with E-state index in [0.717, 1.165) is 38.6 Å². The zero-order valence-corrected chi connectivity index (χ0v) is 9.95. The lowest BCUT2D eigenvalue weighted by Crippen LogP contribution is -2.50. The fourth-order valence-corrected chi connectivity index (χ4v) is 2.38. The van der Waals surface area contributed by atoms with Crippen LogP contribution in [-0.2, 0) is 9.59 Å². The largest absolute Gasteiger partial charge is 0.481 e. The Labute approximate surface area is 101 Å². The highest BCUT2D eigenvalue weighted by atomic mass is 16.4. The zero-order chi connectivity index (χ0) is 12.3. The van der Waals surface area contributed by atoms with E-state index in [2.05, 4.69) is 10.6 Å². The topological polar surface area (TPSA) is 78.4 Å². The number of carbonyl (C=O) groups is 2. The van der Waals surface area contributed by atoms with Gasteiger partial charge in [-0.2, -0.15) is 0 Å². The molecule has 2 aliphatic rings. The number of aliphatic carboxylic acids is 1. The lowest BCUT2D eigenvalue weighted by molar-refractivity contribution is -0.138. The number of carbonyl (C=O) groups excluding carboxylic acids is 1. The van der Waals surface area contributed by atoms with E-state index in [1.54, 1.807) is 0 Å². The lowest BCUT2D eigenvalue weighted by atomic mass is 10.0. The second kappa shape index (κ2) is 5.49. The maximum Gasteiger partial charge on any atom is 0.305 e. The van der Waals surface area contributed by atoms with Crippen LogP contribution in [-0.4, -0.2) is 35.6 Å². The third-order valence-electron chi connectivity index (χ3n) is 3.54. The van der Waals surface area contributed by atoms with Crippen LogP contribution >= 0.6 is 0 Å². The summed E-state index contributed by atoms with van der Waals surface area (Å²) in [6.45, 7) is 0.880. The first kappa shape index (κ1) is 12.4. The fraction of sp³-hybridized carbons (Fsp3) is 0.833. The van der Waals surface area contributed by atoms with Crippen LogP contribution in [0.25, 0.3) is 0 Å². The van der Waals surface area contributed by atoms with Gasteiger partial charge < -0.3 is 15.7 Å². The van der Waals surface area contributed by atoms with Gasteiger partial charge in [-0.25, -0.2) is 0 Å². The number of hydrogen-bond acceptors (Lipinski definition) is 3. The van der Waals surface area contributed by atoms with Crippen molar-refractivity contribution in [1.29, 1.82) is 0 Å². The maximum absolute atomic E-state index is 12.0. The van der Waals surface area contributed by atoms with E-state index in [1.165, 1.54) is 0 Å². The van der Waals surface area contributed by atoms with Gasteiger partial charge in [0.15, 0.2) is 0 Å². The average Bonchev–Trinajstić information content (AvgIpc) is 3.12.